The molecule has 1 aromatic heterocycles. The Kier molecular flexibility index (Phi) is 43.3. The van der Waals surface area contributed by atoms with Crippen molar-refractivity contribution in [1.82, 2.24) is 25.1 Å². The third-order valence-corrected chi connectivity index (χ3v) is 13.5. The molecule has 1 amide bonds. The van der Waals surface area contributed by atoms with E-state index in [-0.39, 0.29) is 25.4 Å². The summed E-state index contributed by atoms with van der Waals surface area (Å²) in [5.41, 5.74) is 0. The van der Waals surface area contributed by atoms with Crippen molar-refractivity contribution >= 4 is 11.9 Å². The van der Waals surface area contributed by atoms with Crippen molar-refractivity contribution in [3.05, 3.63) is 18.2 Å². The maximum absolute atomic E-state index is 13.4. The molecule has 400 valence electrons. The molecule has 0 aliphatic carbocycles. The van der Waals surface area contributed by atoms with Gasteiger partial charge in [0.2, 0.25) is 5.91 Å². The van der Waals surface area contributed by atoms with E-state index in [0.717, 1.165) is 103 Å². The Bertz CT molecular complexity index is 1190. The minimum absolute atomic E-state index is 0.200. The maximum Gasteiger partial charge on any atom is 0.329 e. The summed E-state index contributed by atoms with van der Waals surface area (Å²) in [6, 6.07) is -0.865. The van der Waals surface area contributed by atoms with Gasteiger partial charge in [0.25, 0.3) is 0 Å². The number of rotatable bonds is 51. The molecule has 5 unspecified atom stereocenters. The first-order chi connectivity index (χ1) is 33.1. The quantitative estimate of drug-likeness (QED) is 0.0273. The fourth-order valence-corrected chi connectivity index (χ4v) is 9.28. The topological polar surface area (TPSA) is 171 Å². The number of aromatic nitrogens is 2. The fourth-order valence-electron chi connectivity index (χ4n) is 9.28. The van der Waals surface area contributed by atoms with E-state index >= 15 is 0 Å². The number of aromatic amines is 1. The van der Waals surface area contributed by atoms with Gasteiger partial charge in [-0.05, 0) is 64.5 Å². The predicted molar refractivity (Wildman–Crippen MR) is 282 cm³/mol. The fraction of sp³-hybridized carbons (Fsp3) is 0.911. The molecule has 1 rings (SSSR count). The minimum Gasteiger partial charge on any atom is -0.464 e. The molecular weight excluding hydrogens is 855 g/mol. The Balaban J connectivity index is 2.67. The molecule has 0 saturated carbocycles. The first-order valence-corrected chi connectivity index (χ1v) is 28.7. The molecule has 0 saturated heterocycles. The van der Waals surface area contributed by atoms with Gasteiger partial charge in [-0.3, -0.25) is 14.6 Å². The summed E-state index contributed by atoms with van der Waals surface area (Å²) < 4.78 is 5.75. The van der Waals surface area contributed by atoms with Crippen LogP contribution in [0.15, 0.2) is 12.4 Å². The molecule has 0 radical (unpaired) electrons. The predicted octanol–water partition coefficient (Wildman–Crippen LogP) is 11.4. The van der Waals surface area contributed by atoms with Crippen LogP contribution < -0.4 is 5.32 Å². The highest BCUT2D eigenvalue weighted by atomic mass is 16.5. The number of imidazole rings is 1. The average Bonchev–Trinajstić information content (AvgIpc) is 3.83. The van der Waals surface area contributed by atoms with E-state index in [0.29, 0.717) is 51.4 Å². The van der Waals surface area contributed by atoms with E-state index < -0.39 is 36.4 Å². The van der Waals surface area contributed by atoms with Gasteiger partial charge >= 0.3 is 5.97 Å². The number of nitrogens with zero attached hydrogens (tertiary/aromatic N) is 3. The van der Waals surface area contributed by atoms with Gasteiger partial charge in [0.05, 0.1) is 31.0 Å². The SMILES string of the molecule is CCCCCCCCC(O)CN(CCCCCC(=O)NC(Cc1ncc[nH]1)C(=O)OCCCCN(CC(O)CCCCCCCC)CC(O)CCCCCCCC)CC(O)CCCCCCCC. The van der Waals surface area contributed by atoms with E-state index in [9.17, 15) is 30.0 Å². The van der Waals surface area contributed by atoms with Gasteiger partial charge in [0.15, 0.2) is 0 Å². The summed E-state index contributed by atoms with van der Waals surface area (Å²) in [5.74, 6) is -0.0851. The summed E-state index contributed by atoms with van der Waals surface area (Å²) >= 11 is 0. The number of hydrogen-bond donors (Lipinski definition) is 6. The molecule has 0 aromatic carbocycles. The van der Waals surface area contributed by atoms with Gasteiger partial charge in [0.1, 0.15) is 11.9 Å². The van der Waals surface area contributed by atoms with Crippen LogP contribution in [0.1, 0.15) is 252 Å². The number of carbonyl (C=O) groups excluding carboxylic acids is 2. The van der Waals surface area contributed by atoms with Crippen molar-refractivity contribution in [3.63, 3.8) is 0 Å². The number of ether oxygens (including phenoxy) is 1. The largest absolute Gasteiger partial charge is 0.464 e. The van der Waals surface area contributed by atoms with E-state index in [1.54, 1.807) is 12.4 Å². The van der Waals surface area contributed by atoms with Crippen LogP contribution in [0.5, 0.6) is 0 Å². The Hall–Kier alpha value is -2.09. The van der Waals surface area contributed by atoms with E-state index in [1.807, 2.05) is 0 Å². The van der Waals surface area contributed by atoms with Crippen LogP contribution in [0, 0.1) is 0 Å². The van der Waals surface area contributed by atoms with Crippen molar-refractivity contribution in [2.24, 2.45) is 0 Å². The third-order valence-electron chi connectivity index (χ3n) is 13.5. The van der Waals surface area contributed by atoms with Crippen LogP contribution in [0.25, 0.3) is 0 Å². The summed E-state index contributed by atoms with van der Waals surface area (Å²) in [6.45, 7) is 12.7. The van der Waals surface area contributed by atoms with Gasteiger partial charge in [-0.2, -0.15) is 0 Å². The van der Waals surface area contributed by atoms with Gasteiger partial charge < -0.3 is 35.5 Å². The molecular formula is C56H109N5O7. The third kappa shape index (κ3) is 38.6. The smallest absolute Gasteiger partial charge is 0.329 e. The average molecular weight is 965 g/mol. The lowest BCUT2D eigenvalue weighted by Crippen LogP contribution is -2.43. The number of hydrogen-bond acceptors (Lipinski definition) is 10. The van der Waals surface area contributed by atoms with Crippen LogP contribution in [0.4, 0.5) is 0 Å². The number of carbonyl (C=O) groups is 2. The lowest BCUT2D eigenvalue weighted by atomic mass is 10.1. The van der Waals surface area contributed by atoms with Gasteiger partial charge in [-0.15, -0.1) is 0 Å². The Labute approximate surface area is 417 Å². The van der Waals surface area contributed by atoms with Crippen molar-refractivity contribution in [1.29, 1.82) is 0 Å². The molecule has 68 heavy (non-hydrogen) atoms. The van der Waals surface area contributed by atoms with E-state index in [2.05, 4.69) is 52.8 Å². The van der Waals surface area contributed by atoms with Crippen LogP contribution in [-0.2, 0) is 20.7 Å². The number of aliphatic hydroxyl groups is 4. The first kappa shape index (κ1) is 63.9. The van der Waals surface area contributed by atoms with Gasteiger partial charge in [-0.1, -0.05) is 188 Å². The zero-order chi connectivity index (χ0) is 49.7. The Morgan fingerprint density at radius 1 is 0.529 bits per heavy atom. The molecule has 1 aromatic rings. The second-order valence-corrected chi connectivity index (χ2v) is 20.4. The normalized spacial score (nSPS) is 14.1. The Morgan fingerprint density at radius 3 is 1.28 bits per heavy atom. The molecule has 12 heteroatoms. The molecule has 0 fully saturated rings. The Morgan fingerprint density at radius 2 is 0.897 bits per heavy atom. The lowest BCUT2D eigenvalue weighted by molar-refractivity contribution is -0.148. The van der Waals surface area contributed by atoms with E-state index in [1.165, 1.54) is 103 Å². The molecule has 12 nitrogen and oxygen atoms in total. The maximum atomic E-state index is 13.4. The van der Waals surface area contributed by atoms with Gasteiger partial charge in [-0.25, -0.2) is 9.78 Å². The van der Waals surface area contributed by atoms with Gasteiger partial charge in [0, 0.05) is 51.4 Å². The molecule has 5 atom stereocenters. The van der Waals surface area contributed by atoms with Crippen molar-refractivity contribution in [2.75, 3.05) is 45.9 Å². The highest BCUT2D eigenvalue weighted by Crippen LogP contribution is 2.16. The van der Waals surface area contributed by atoms with Crippen LogP contribution in [0.2, 0.25) is 0 Å². The molecule has 0 bridgehead atoms. The summed E-state index contributed by atoms with van der Waals surface area (Å²) in [5, 5.41) is 46.7. The summed E-state index contributed by atoms with van der Waals surface area (Å²) in [4.78, 5) is 38.4. The number of H-pyrrole nitrogens is 1. The minimum atomic E-state index is -0.865. The number of unbranched alkanes of at least 4 members (excludes halogenated alkanes) is 23. The van der Waals surface area contributed by atoms with Crippen LogP contribution >= 0.6 is 0 Å². The molecule has 0 aliphatic rings. The second-order valence-electron chi connectivity index (χ2n) is 20.4. The van der Waals surface area contributed by atoms with Crippen molar-refractivity contribution in [3.8, 4) is 0 Å². The number of esters is 1. The lowest BCUT2D eigenvalue weighted by Gasteiger charge is -2.27. The van der Waals surface area contributed by atoms with Crippen molar-refractivity contribution in [2.45, 2.75) is 283 Å². The monoisotopic (exact) mass is 964 g/mol. The highest BCUT2D eigenvalue weighted by Gasteiger charge is 2.24. The van der Waals surface area contributed by atoms with E-state index in [4.69, 9.17) is 4.74 Å². The summed E-state index contributed by atoms with van der Waals surface area (Å²) in [6.07, 6.45) is 37.5. The number of nitrogens with one attached hydrogen (secondary N) is 2. The molecule has 0 spiro atoms. The van der Waals surface area contributed by atoms with Crippen LogP contribution in [-0.4, -0.2) is 128 Å². The summed E-state index contributed by atoms with van der Waals surface area (Å²) in [7, 11) is 0. The first-order valence-electron chi connectivity index (χ1n) is 28.7. The van der Waals surface area contributed by atoms with Crippen molar-refractivity contribution < 1.29 is 34.8 Å². The zero-order valence-electron chi connectivity index (χ0n) is 44.6. The highest BCUT2D eigenvalue weighted by molar-refractivity contribution is 5.84. The molecule has 0 aliphatic heterocycles. The second kappa shape index (κ2) is 46.0. The standard InChI is InChI=1S/C56H109N5O7/c1-5-9-13-17-21-26-34-49(62)45-60(46-50(63)35-27-22-18-14-10-6-2)41-31-25-30-38-55(66)59-53(44-54-57-39-40-58-54)56(67)68-43-33-32-42-61(47-51(64)36-28-23-19-15-11-7-3)48-52(65)37-29-24-20-16-12-8-4/h39-40,49-53,62-65H,5-38,41-48H2,1-4H3,(H,57,58)(H,59,66). The number of amides is 1. The zero-order valence-corrected chi connectivity index (χ0v) is 44.6. The van der Waals surface area contributed by atoms with Crippen LogP contribution in [0.3, 0.4) is 0 Å². The molecule has 1 heterocycles. The molecule has 6 N–H and O–H groups in total. The number of aliphatic hydroxyl groups excluding tert-OH is 4.